The summed E-state index contributed by atoms with van der Waals surface area (Å²) in [6.45, 7) is 8.37. The molecule has 0 atom stereocenters. The first-order chi connectivity index (χ1) is 10.6. The third kappa shape index (κ3) is 4.44. The zero-order valence-electron chi connectivity index (χ0n) is 13.7. The second-order valence-corrected chi connectivity index (χ2v) is 5.97. The van der Waals surface area contributed by atoms with Gasteiger partial charge in [-0.3, -0.25) is 0 Å². The molecule has 2 aromatic carbocycles. The molecule has 0 fully saturated rings. The molecule has 1 N–H and O–H groups in total. The summed E-state index contributed by atoms with van der Waals surface area (Å²) >= 11 is 0. The standard InChI is InChI=1S/C20H24N2/c1-15-10-16(2)20(17(3)11-15)8-5-9-22-14-19-7-4-6-18(12-19)13-21/h4,6-7,10-12,22H,5,8-9,14H2,1-3H3. The van der Waals surface area contributed by atoms with Crippen LogP contribution in [0.1, 0.15) is 39.8 Å². The summed E-state index contributed by atoms with van der Waals surface area (Å²) in [4.78, 5) is 0. The number of aryl methyl sites for hydroxylation is 3. The van der Waals surface area contributed by atoms with Gasteiger partial charge in [0.25, 0.3) is 0 Å². The van der Waals surface area contributed by atoms with Gasteiger partial charge in [0.15, 0.2) is 0 Å². The lowest BCUT2D eigenvalue weighted by Gasteiger charge is -2.11. The monoisotopic (exact) mass is 292 g/mol. The van der Waals surface area contributed by atoms with Gasteiger partial charge >= 0.3 is 0 Å². The Bertz CT molecular complexity index is 657. The minimum absolute atomic E-state index is 0.727. The molecule has 0 bridgehead atoms. The van der Waals surface area contributed by atoms with Crippen LogP contribution in [0.25, 0.3) is 0 Å². The van der Waals surface area contributed by atoms with Gasteiger partial charge in [-0.05, 0) is 74.5 Å². The molecule has 2 heteroatoms. The first kappa shape index (κ1) is 16.3. The maximum Gasteiger partial charge on any atom is 0.0991 e. The van der Waals surface area contributed by atoms with Gasteiger partial charge < -0.3 is 5.32 Å². The summed E-state index contributed by atoms with van der Waals surface area (Å²) in [5, 5.41) is 12.4. The Morgan fingerprint density at radius 1 is 1.05 bits per heavy atom. The zero-order chi connectivity index (χ0) is 15.9. The van der Waals surface area contributed by atoms with Crippen molar-refractivity contribution in [2.45, 2.75) is 40.2 Å². The SMILES string of the molecule is Cc1cc(C)c(CCCNCc2cccc(C#N)c2)c(C)c1. The molecular weight excluding hydrogens is 268 g/mol. The van der Waals surface area contributed by atoms with Crippen LogP contribution in [0.3, 0.4) is 0 Å². The van der Waals surface area contributed by atoms with Gasteiger partial charge in [-0.25, -0.2) is 0 Å². The maximum absolute atomic E-state index is 8.90. The molecule has 2 rings (SSSR count). The number of hydrogen-bond acceptors (Lipinski definition) is 2. The van der Waals surface area contributed by atoms with Gasteiger partial charge in [0, 0.05) is 6.54 Å². The van der Waals surface area contributed by atoms with Crippen LogP contribution in [0.2, 0.25) is 0 Å². The van der Waals surface area contributed by atoms with Gasteiger partial charge in [0.2, 0.25) is 0 Å². The fraction of sp³-hybridized carbons (Fsp3) is 0.350. The summed E-state index contributed by atoms with van der Waals surface area (Å²) < 4.78 is 0. The molecule has 0 spiro atoms. The second kappa shape index (κ2) is 7.77. The Labute approximate surface area is 133 Å². The van der Waals surface area contributed by atoms with E-state index in [0.29, 0.717) is 0 Å². The van der Waals surface area contributed by atoms with Crippen molar-refractivity contribution in [2.24, 2.45) is 0 Å². The van der Waals surface area contributed by atoms with Gasteiger partial charge in [-0.2, -0.15) is 5.26 Å². The Balaban J connectivity index is 1.79. The summed E-state index contributed by atoms with van der Waals surface area (Å²) in [7, 11) is 0. The minimum Gasteiger partial charge on any atom is -0.313 e. The van der Waals surface area contributed by atoms with Gasteiger partial charge in [-0.15, -0.1) is 0 Å². The predicted molar refractivity (Wildman–Crippen MR) is 91.8 cm³/mol. The van der Waals surface area contributed by atoms with E-state index in [-0.39, 0.29) is 0 Å². The molecule has 0 radical (unpaired) electrons. The van der Waals surface area contributed by atoms with Gasteiger partial charge in [0.1, 0.15) is 0 Å². The van der Waals surface area contributed by atoms with Crippen molar-refractivity contribution >= 4 is 0 Å². The summed E-state index contributed by atoms with van der Waals surface area (Å²) in [6.07, 6.45) is 2.24. The third-order valence-corrected chi connectivity index (χ3v) is 4.01. The topological polar surface area (TPSA) is 35.8 Å². The van der Waals surface area contributed by atoms with Crippen molar-refractivity contribution in [3.8, 4) is 6.07 Å². The molecule has 0 aliphatic carbocycles. The molecule has 2 aromatic rings. The van der Waals surface area contributed by atoms with Gasteiger partial charge in [0.05, 0.1) is 11.6 Å². The molecule has 0 amide bonds. The van der Waals surface area contributed by atoms with Crippen LogP contribution < -0.4 is 5.32 Å². The quantitative estimate of drug-likeness (QED) is 0.810. The molecule has 0 saturated heterocycles. The van der Waals surface area contributed by atoms with Crippen LogP contribution >= 0.6 is 0 Å². The molecule has 114 valence electrons. The van der Waals surface area contributed by atoms with Crippen LogP contribution in [0.5, 0.6) is 0 Å². The van der Waals surface area contributed by atoms with Gasteiger partial charge in [-0.1, -0.05) is 29.8 Å². The Morgan fingerprint density at radius 3 is 2.45 bits per heavy atom. The third-order valence-electron chi connectivity index (χ3n) is 4.01. The van der Waals surface area contributed by atoms with Crippen molar-refractivity contribution in [2.75, 3.05) is 6.54 Å². The van der Waals surface area contributed by atoms with E-state index in [4.69, 9.17) is 5.26 Å². The lowest BCUT2D eigenvalue weighted by Crippen LogP contribution is -2.15. The van der Waals surface area contributed by atoms with Crippen molar-refractivity contribution in [3.63, 3.8) is 0 Å². The zero-order valence-corrected chi connectivity index (χ0v) is 13.7. The molecule has 0 unspecified atom stereocenters. The molecule has 0 saturated carbocycles. The Kier molecular flexibility index (Phi) is 5.75. The van der Waals surface area contributed by atoms with Crippen LogP contribution in [-0.4, -0.2) is 6.54 Å². The van der Waals surface area contributed by atoms with E-state index in [2.05, 4.69) is 50.4 Å². The van der Waals surface area contributed by atoms with E-state index in [9.17, 15) is 0 Å². The smallest absolute Gasteiger partial charge is 0.0991 e. The lowest BCUT2D eigenvalue weighted by molar-refractivity contribution is 0.647. The number of nitrogens with zero attached hydrogens (tertiary/aromatic N) is 1. The first-order valence-corrected chi connectivity index (χ1v) is 7.86. The van der Waals surface area contributed by atoms with Crippen LogP contribution in [-0.2, 0) is 13.0 Å². The fourth-order valence-electron chi connectivity index (χ4n) is 2.98. The number of rotatable bonds is 6. The van der Waals surface area contributed by atoms with E-state index >= 15 is 0 Å². The number of nitrogens with one attached hydrogen (secondary N) is 1. The summed E-state index contributed by atoms with van der Waals surface area (Å²) in [5.41, 5.74) is 7.53. The molecule has 0 aliphatic heterocycles. The number of nitriles is 1. The lowest BCUT2D eigenvalue weighted by atomic mass is 9.96. The number of benzene rings is 2. The van der Waals surface area contributed by atoms with Crippen LogP contribution in [0.4, 0.5) is 0 Å². The molecule has 2 nitrogen and oxygen atoms in total. The first-order valence-electron chi connectivity index (χ1n) is 7.86. The van der Waals surface area contributed by atoms with E-state index < -0.39 is 0 Å². The summed E-state index contributed by atoms with van der Waals surface area (Å²) in [6, 6.07) is 14.5. The average Bonchev–Trinajstić information content (AvgIpc) is 2.49. The molecule has 0 aliphatic rings. The highest BCUT2D eigenvalue weighted by atomic mass is 14.8. The van der Waals surface area contributed by atoms with Crippen molar-refractivity contribution in [1.29, 1.82) is 5.26 Å². The highest BCUT2D eigenvalue weighted by molar-refractivity contribution is 5.37. The molecule has 0 aromatic heterocycles. The van der Waals surface area contributed by atoms with Crippen molar-refractivity contribution < 1.29 is 0 Å². The van der Waals surface area contributed by atoms with Crippen molar-refractivity contribution in [1.82, 2.24) is 5.32 Å². The van der Waals surface area contributed by atoms with E-state index in [1.165, 1.54) is 27.8 Å². The largest absolute Gasteiger partial charge is 0.313 e. The summed E-state index contributed by atoms with van der Waals surface area (Å²) in [5.74, 6) is 0. The average molecular weight is 292 g/mol. The number of hydrogen-bond donors (Lipinski definition) is 1. The Morgan fingerprint density at radius 2 is 1.77 bits per heavy atom. The maximum atomic E-state index is 8.90. The minimum atomic E-state index is 0.727. The van der Waals surface area contributed by atoms with Crippen LogP contribution in [0.15, 0.2) is 36.4 Å². The predicted octanol–water partition coefficient (Wildman–Crippen LogP) is 4.21. The second-order valence-electron chi connectivity index (χ2n) is 5.97. The normalized spacial score (nSPS) is 10.5. The fourth-order valence-corrected chi connectivity index (χ4v) is 2.98. The molecule has 22 heavy (non-hydrogen) atoms. The van der Waals surface area contributed by atoms with E-state index in [1.807, 2.05) is 18.2 Å². The van der Waals surface area contributed by atoms with Crippen LogP contribution in [0, 0.1) is 32.1 Å². The van der Waals surface area contributed by atoms with E-state index in [1.54, 1.807) is 0 Å². The van der Waals surface area contributed by atoms with Crippen molar-refractivity contribution in [3.05, 3.63) is 69.8 Å². The molecular formula is C20H24N2. The molecule has 0 heterocycles. The highest BCUT2D eigenvalue weighted by Crippen LogP contribution is 2.17. The van der Waals surface area contributed by atoms with E-state index in [0.717, 1.165) is 31.5 Å². The highest BCUT2D eigenvalue weighted by Gasteiger charge is 2.03. The Hall–Kier alpha value is -2.11.